The average molecular weight is 511 g/mol. The van der Waals surface area contributed by atoms with Gasteiger partial charge in [-0.15, -0.1) is 0 Å². The van der Waals surface area contributed by atoms with Crippen LogP contribution in [0.4, 0.5) is 0 Å². The molecule has 0 N–H and O–H groups in total. The van der Waals surface area contributed by atoms with Crippen LogP contribution in [-0.2, 0) is 20.4 Å². The summed E-state index contributed by atoms with van der Waals surface area (Å²) in [6.07, 6.45) is 0. The Labute approximate surface area is 191 Å². The van der Waals surface area contributed by atoms with Crippen LogP contribution >= 0.6 is 15.8 Å². The standard InChI is InChI=1S/2C12H27P.Pd/c2*1-10(2,3)13(11(4,5)6)12(7,8)9;/h2*1-9H3;. The molecule has 170 valence electrons. The van der Waals surface area contributed by atoms with Crippen molar-refractivity contribution < 1.29 is 20.4 Å². The van der Waals surface area contributed by atoms with Crippen molar-refractivity contribution in [3.63, 3.8) is 0 Å². The third kappa shape index (κ3) is 12.7. The first kappa shape index (κ1) is 33.2. The van der Waals surface area contributed by atoms with E-state index < -0.39 is 0 Å². The van der Waals surface area contributed by atoms with Gasteiger partial charge in [0.25, 0.3) is 0 Å². The maximum Gasteiger partial charge on any atom is 0 e. The first-order chi connectivity index (χ1) is 10.7. The molecule has 0 radical (unpaired) electrons. The van der Waals surface area contributed by atoms with Gasteiger partial charge in [0.05, 0.1) is 0 Å². The zero-order valence-corrected chi connectivity index (χ0v) is 25.6. The second-order valence-corrected chi connectivity index (χ2v) is 23.1. The fraction of sp³-hybridized carbons (Fsp3) is 1.00. The number of hydrogen-bond donors (Lipinski definition) is 0. The van der Waals surface area contributed by atoms with Crippen LogP contribution in [0.1, 0.15) is 125 Å². The van der Waals surface area contributed by atoms with E-state index in [9.17, 15) is 0 Å². The van der Waals surface area contributed by atoms with Gasteiger partial charge in [0.2, 0.25) is 0 Å². The van der Waals surface area contributed by atoms with Gasteiger partial charge in [0, 0.05) is 20.4 Å². The summed E-state index contributed by atoms with van der Waals surface area (Å²) < 4.78 is 0. The molecule has 0 aromatic heterocycles. The first-order valence-corrected chi connectivity index (χ1v) is 13.0. The SMILES string of the molecule is CC(C)(C)P(C(C)(C)C)C(C)(C)C.CC(C)(C)P(C(C)(C)C)C(C)(C)C.[Pd]. The fourth-order valence-electron chi connectivity index (χ4n) is 6.04. The Morgan fingerprint density at radius 3 is 0.333 bits per heavy atom. The van der Waals surface area contributed by atoms with Crippen molar-refractivity contribution in [2.24, 2.45) is 0 Å². The molecular formula is C24H54P2Pd. The number of rotatable bonds is 0. The van der Waals surface area contributed by atoms with Crippen LogP contribution < -0.4 is 0 Å². The zero-order chi connectivity index (χ0) is 22.2. The van der Waals surface area contributed by atoms with Crippen LogP contribution in [0.3, 0.4) is 0 Å². The van der Waals surface area contributed by atoms with Crippen LogP contribution in [0.25, 0.3) is 0 Å². The van der Waals surface area contributed by atoms with Crippen molar-refractivity contribution in [2.45, 2.75) is 156 Å². The summed E-state index contributed by atoms with van der Waals surface area (Å²) in [6, 6.07) is 0. The van der Waals surface area contributed by atoms with Crippen molar-refractivity contribution >= 4 is 15.8 Å². The number of hydrogen-bond acceptors (Lipinski definition) is 0. The monoisotopic (exact) mass is 510 g/mol. The van der Waals surface area contributed by atoms with E-state index in [1.807, 2.05) is 0 Å². The summed E-state index contributed by atoms with van der Waals surface area (Å²) in [4.78, 5) is 0. The quantitative estimate of drug-likeness (QED) is 0.225. The minimum Gasteiger partial charge on any atom is -0.0901 e. The summed E-state index contributed by atoms with van der Waals surface area (Å²) in [5.41, 5.74) is 0. The van der Waals surface area contributed by atoms with Crippen LogP contribution in [0.5, 0.6) is 0 Å². The van der Waals surface area contributed by atoms with Gasteiger partial charge in [-0.05, 0) is 30.9 Å². The third-order valence-corrected chi connectivity index (χ3v) is 12.1. The zero-order valence-electron chi connectivity index (χ0n) is 22.2. The topological polar surface area (TPSA) is 0 Å². The molecule has 3 heteroatoms. The van der Waals surface area contributed by atoms with Crippen LogP contribution in [0.2, 0.25) is 0 Å². The molecule has 0 saturated carbocycles. The molecule has 0 unspecified atom stereocenters. The molecule has 0 saturated heterocycles. The summed E-state index contributed by atoms with van der Waals surface area (Å²) >= 11 is 0. The molecule has 0 aromatic rings. The largest absolute Gasteiger partial charge is 0.0901 e. The maximum atomic E-state index is 2.38. The first-order valence-electron chi connectivity index (χ1n) is 10.3. The molecule has 0 spiro atoms. The van der Waals surface area contributed by atoms with Crippen molar-refractivity contribution in [2.75, 3.05) is 0 Å². The minimum atomic E-state index is 0. The smallest absolute Gasteiger partial charge is 0 e. The summed E-state index contributed by atoms with van der Waals surface area (Å²) in [7, 11) is 0.0324. The van der Waals surface area contributed by atoms with Gasteiger partial charge < -0.3 is 0 Å². The van der Waals surface area contributed by atoms with Crippen molar-refractivity contribution in [3.8, 4) is 0 Å². The minimum absolute atomic E-state index is 0. The van der Waals surface area contributed by atoms with Crippen LogP contribution in [0, 0.1) is 0 Å². The van der Waals surface area contributed by atoms with E-state index in [0.717, 1.165) is 0 Å². The van der Waals surface area contributed by atoms with Gasteiger partial charge in [-0.2, -0.15) is 0 Å². The van der Waals surface area contributed by atoms with Crippen molar-refractivity contribution in [3.05, 3.63) is 0 Å². The average Bonchev–Trinajstić information content (AvgIpc) is 1.97. The predicted molar refractivity (Wildman–Crippen MR) is 132 cm³/mol. The van der Waals surface area contributed by atoms with Gasteiger partial charge in [0.1, 0.15) is 0 Å². The Bertz CT molecular complexity index is 304. The Kier molecular flexibility index (Phi) is 12.6. The molecule has 0 nitrogen and oxygen atoms in total. The molecule has 27 heavy (non-hydrogen) atoms. The molecule has 0 aliphatic rings. The molecule has 0 bridgehead atoms. The fourth-order valence-corrected chi connectivity index (χ4v) is 18.1. The molecule has 0 amide bonds. The molecule has 0 atom stereocenters. The molecule has 0 rings (SSSR count). The van der Waals surface area contributed by atoms with Gasteiger partial charge in [0.15, 0.2) is 0 Å². The van der Waals surface area contributed by atoms with E-state index in [1.165, 1.54) is 0 Å². The van der Waals surface area contributed by atoms with Crippen molar-refractivity contribution in [1.29, 1.82) is 0 Å². The normalized spacial score (nSPS) is 14.7. The molecule has 0 heterocycles. The third-order valence-electron chi connectivity index (χ3n) is 4.02. The van der Waals surface area contributed by atoms with E-state index in [0.29, 0.717) is 30.9 Å². The van der Waals surface area contributed by atoms with Crippen molar-refractivity contribution in [1.82, 2.24) is 0 Å². The predicted octanol–water partition coefficient (Wildman–Crippen LogP) is 9.73. The second kappa shape index (κ2) is 10.2. The maximum absolute atomic E-state index is 2.38. The van der Waals surface area contributed by atoms with Crippen LogP contribution in [-0.4, -0.2) is 30.9 Å². The second-order valence-electron chi connectivity index (χ2n) is 13.7. The molecule has 0 fully saturated rings. The molecule has 0 aliphatic heterocycles. The summed E-state index contributed by atoms with van der Waals surface area (Å²) in [6.45, 7) is 42.9. The summed E-state index contributed by atoms with van der Waals surface area (Å²) in [5, 5.41) is 2.70. The Hall–Kier alpha value is 1.52. The van der Waals surface area contributed by atoms with E-state index in [-0.39, 0.29) is 36.3 Å². The van der Waals surface area contributed by atoms with E-state index in [4.69, 9.17) is 0 Å². The van der Waals surface area contributed by atoms with E-state index >= 15 is 0 Å². The Balaban J connectivity index is -0.000000411. The van der Waals surface area contributed by atoms with E-state index in [1.54, 1.807) is 0 Å². The molecular weight excluding hydrogens is 457 g/mol. The van der Waals surface area contributed by atoms with E-state index in [2.05, 4.69) is 125 Å². The Morgan fingerprint density at radius 2 is 0.333 bits per heavy atom. The molecule has 0 aliphatic carbocycles. The Morgan fingerprint density at radius 1 is 0.259 bits per heavy atom. The van der Waals surface area contributed by atoms with Gasteiger partial charge in [-0.3, -0.25) is 0 Å². The van der Waals surface area contributed by atoms with Gasteiger partial charge in [-0.25, -0.2) is 0 Å². The van der Waals surface area contributed by atoms with Crippen LogP contribution in [0.15, 0.2) is 0 Å². The summed E-state index contributed by atoms with van der Waals surface area (Å²) in [5.74, 6) is 0. The molecule has 0 aromatic carbocycles. The van der Waals surface area contributed by atoms with Gasteiger partial charge >= 0.3 is 0 Å². The van der Waals surface area contributed by atoms with Gasteiger partial charge in [-0.1, -0.05) is 140 Å².